The Morgan fingerprint density at radius 1 is 1.64 bits per heavy atom. The van der Waals surface area contributed by atoms with Crippen molar-refractivity contribution < 1.29 is 13.2 Å². The molecule has 1 aliphatic rings. The van der Waals surface area contributed by atoms with Gasteiger partial charge in [-0.05, 0) is 0 Å². The van der Waals surface area contributed by atoms with Gasteiger partial charge in [0.05, 0.1) is 6.61 Å². The van der Waals surface area contributed by atoms with E-state index in [9.17, 15) is 8.42 Å². The average Bonchev–Trinajstić information content (AvgIpc) is 2.36. The van der Waals surface area contributed by atoms with Crippen LogP contribution in [0.2, 0.25) is 0 Å². The summed E-state index contributed by atoms with van der Waals surface area (Å²) in [5, 5.41) is 0.0846. The van der Waals surface area contributed by atoms with E-state index in [2.05, 4.69) is 12.6 Å². The quantitative estimate of drug-likeness (QED) is 0.653. The number of ether oxygens (including phenoxy) is 1. The van der Waals surface area contributed by atoms with Crippen molar-refractivity contribution in [2.45, 2.75) is 24.0 Å². The molecule has 3 nitrogen and oxygen atoms in total. The Balaban J connectivity index is 2.64. The summed E-state index contributed by atoms with van der Waals surface area (Å²) in [4.78, 5) is 0. The van der Waals surface area contributed by atoms with Crippen molar-refractivity contribution in [2.75, 3.05) is 12.4 Å². The zero-order valence-electron chi connectivity index (χ0n) is 6.36. The van der Waals surface area contributed by atoms with Gasteiger partial charge in [0.15, 0.2) is 15.3 Å². The van der Waals surface area contributed by atoms with Crippen LogP contribution in [0, 0.1) is 0 Å². The summed E-state index contributed by atoms with van der Waals surface area (Å²) in [5.74, 6) is 0.151. The van der Waals surface area contributed by atoms with Crippen molar-refractivity contribution in [3.63, 3.8) is 0 Å². The molecule has 0 aromatic rings. The third-order valence-electron chi connectivity index (χ3n) is 1.74. The van der Waals surface area contributed by atoms with E-state index in [0.29, 0.717) is 13.0 Å². The van der Waals surface area contributed by atoms with Crippen molar-refractivity contribution in [3.8, 4) is 0 Å². The third-order valence-corrected chi connectivity index (χ3v) is 4.04. The van der Waals surface area contributed by atoms with Crippen molar-refractivity contribution in [2.24, 2.45) is 0 Å². The predicted molar refractivity (Wildman–Crippen MR) is 46.6 cm³/mol. The first kappa shape index (κ1) is 9.35. The van der Waals surface area contributed by atoms with E-state index in [-0.39, 0.29) is 11.0 Å². The molecule has 0 spiro atoms. The lowest BCUT2D eigenvalue weighted by molar-refractivity contribution is 0.166. The standard InChI is InChI=1S/C6H12O3S2/c1-2-11(7,8)6-3-5(10)4-9-6/h5-6,10H,2-4H2,1H3. The lowest BCUT2D eigenvalue weighted by atomic mass is 10.4. The molecule has 0 aliphatic carbocycles. The fourth-order valence-corrected chi connectivity index (χ4v) is 2.62. The van der Waals surface area contributed by atoms with Crippen molar-refractivity contribution in [3.05, 3.63) is 0 Å². The molecule has 0 N–H and O–H groups in total. The minimum atomic E-state index is -3.00. The normalized spacial score (nSPS) is 32.5. The second kappa shape index (κ2) is 3.33. The maximum Gasteiger partial charge on any atom is 0.176 e. The molecule has 11 heavy (non-hydrogen) atoms. The highest BCUT2D eigenvalue weighted by Crippen LogP contribution is 2.22. The highest BCUT2D eigenvalue weighted by molar-refractivity contribution is 7.91. The van der Waals surface area contributed by atoms with Gasteiger partial charge in [-0.1, -0.05) is 6.92 Å². The Bertz CT molecular complexity index is 222. The van der Waals surface area contributed by atoms with Crippen LogP contribution >= 0.6 is 12.6 Å². The molecule has 0 amide bonds. The first-order valence-electron chi connectivity index (χ1n) is 3.57. The van der Waals surface area contributed by atoms with Gasteiger partial charge in [-0.15, -0.1) is 0 Å². The number of hydrogen-bond acceptors (Lipinski definition) is 4. The Labute approximate surface area is 72.5 Å². The van der Waals surface area contributed by atoms with Crippen molar-refractivity contribution in [1.82, 2.24) is 0 Å². The zero-order valence-corrected chi connectivity index (χ0v) is 8.07. The minimum absolute atomic E-state index is 0.0846. The SMILES string of the molecule is CCS(=O)(=O)C1CC(S)CO1. The number of sulfone groups is 1. The molecule has 0 aromatic carbocycles. The molecule has 0 aromatic heterocycles. The van der Waals surface area contributed by atoms with Gasteiger partial charge in [0, 0.05) is 17.4 Å². The summed E-state index contributed by atoms with van der Waals surface area (Å²) in [6, 6.07) is 0. The van der Waals surface area contributed by atoms with Crippen LogP contribution in [0.25, 0.3) is 0 Å². The summed E-state index contributed by atoms with van der Waals surface area (Å²) in [5.41, 5.74) is -0.602. The third kappa shape index (κ3) is 2.10. The molecular formula is C6H12O3S2. The fourth-order valence-electron chi connectivity index (χ4n) is 1.01. The Morgan fingerprint density at radius 3 is 2.64 bits per heavy atom. The smallest absolute Gasteiger partial charge is 0.176 e. The predicted octanol–water partition coefficient (Wildman–Crippen LogP) is 0.466. The minimum Gasteiger partial charge on any atom is -0.361 e. The number of hydrogen-bond donors (Lipinski definition) is 1. The molecular weight excluding hydrogens is 184 g/mol. The molecule has 1 rings (SSSR count). The van der Waals surface area contributed by atoms with Crippen molar-refractivity contribution >= 4 is 22.5 Å². The van der Waals surface area contributed by atoms with Gasteiger partial charge in [0.1, 0.15) is 0 Å². The van der Waals surface area contributed by atoms with Gasteiger partial charge in [0.25, 0.3) is 0 Å². The average molecular weight is 196 g/mol. The lowest BCUT2D eigenvalue weighted by Crippen LogP contribution is -2.21. The molecule has 2 unspecified atom stereocenters. The maximum atomic E-state index is 11.2. The fraction of sp³-hybridized carbons (Fsp3) is 1.00. The van der Waals surface area contributed by atoms with Gasteiger partial charge >= 0.3 is 0 Å². The molecule has 1 saturated heterocycles. The summed E-state index contributed by atoms with van der Waals surface area (Å²) in [6.45, 7) is 2.08. The maximum absolute atomic E-state index is 11.2. The highest BCUT2D eigenvalue weighted by atomic mass is 32.2. The van der Waals surface area contributed by atoms with Crippen LogP contribution in [0.5, 0.6) is 0 Å². The summed E-state index contributed by atoms with van der Waals surface area (Å²) >= 11 is 4.13. The van der Waals surface area contributed by atoms with Gasteiger partial charge < -0.3 is 4.74 Å². The zero-order chi connectivity index (χ0) is 8.48. The van der Waals surface area contributed by atoms with Crippen LogP contribution in [0.1, 0.15) is 13.3 Å². The molecule has 5 heteroatoms. The first-order valence-corrected chi connectivity index (χ1v) is 5.80. The topological polar surface area (TPSA) is 43.4 Å². The van der Waals surface area contributed by atoms with Crippen LogP contribution in [0.15, 0.2) is 0 Å². The van der Waals surface area contributed by atoms with E-state index in [1.165, 1.54) is 0 Å². The van der Waals surface area contributed by atoms with E-state index in [0.717, 1.165) is 0 Å². The van der Waals surface area contributed by atoms with E-state index in [1.807, 2.05) is 0 Å². The second-order valence-electron chi connectivity index (χ2n) is 2.60. The van der Waals surface area contributed by atoms with Crippen LogP contribution < -0.4 is 0 Å². The number of thiol groups is 1. The summed E-state index contributed by atoms with van der Waals surface area (Å²) in [7, 11) is -3.00. The monoisotopic (exact) mass is 196 g/mol. The Hall–Kier alpha value is 0.260. The second-order valence-corrected chi connectivity index (χ2v) is 5.76. The van der Waals surface area contributed by atoms with Gasteiger partial charge in [-0.2, -0.15) is 12.6 Å². The Morgan fingerprint density at radius 2 is 2.27 bits per heavy atom. The molecule has 0 saturated carbocycles. The van der Waals surface area contributed by atoms with E-state index in [1.54, 1.807) is 6.92 Å². The van der Waals surface area contributed by atoms with Crippen LogP contribution in [-0.2, 0) is 14.6 Å². The molecule has 2 atom stereocenters. The molecule has 0 radical (unpaired) electrons. The van der Waals surface area contributed by atoms with E-state index in [4.69, 9.17) is 4.74 Å². The van der Waals surface area contributed by atoms with Gasteiger partial charge in [-0.25, -0.2) is 8.42 Å². The molecule has 0 bridgehead atoms. The Kier molecular flexibility index (Phi) is 2.83. The highest BCUT2D eigenvalue weighted by Gasteiger charge is 2.32. The van der Waals surface area contributed by atoms with Crippen LogP contribution in [0.4, 0.5) is 0 Å². The van der Waals surface area contributed by atoms with E-state index >= 15 is 0 Å². The van der Waals surface area contributed by atoms with Crippen molar-refractivity contribution in [1.29, 1.82) is 0 Å². The molecule has 1 fully saturated rings. The molecule has 1 aliphatic heterocycles. The summed E-state index contributed by atoms with van der Waals surface area (Å²) in [6.07, 6.45) is 0.527. The number of rotatable bonds is 2. The molecule has 1 heterocycles. The lowest BCUT2D eigenvalue weighted by Gasteiger charge is -2.07. The first-order chi connectivity index (χ1) is 5.06. The van der Waals surface area contributed by atoms with Crippen LogP contribution in [0.3, 0.4) is 0 Å². The largest absolute Gasteiger partial charge is 0.361 e. The molecule has 66 valence electrons. The summed E-state index contributed by atoms with van der Waals surface area (Å²) < 4.78 is 27.4. The van der Waals surface area contributed by atoms with Crippen LogP contribution in [-0.4, -0.2) is 31.5 Å². The van der Waals surface area contributed by atoms with E-state index < -0.39 is 15.3 Å². The van der Waals surface area contributed by atoms with Gasteiger partial charge in [0.2, 0.25) is 0 Å². The van der Waals surface area contributed by atoms with Gasteiger partial charge in [-0.3, -0.25) is 0 Å².